The Bertz CT molecular complexity index is 786. The molecule has 6 nitrogen and oxygen atoms in total. The molecule has 0 bridgehead atoms. The van der Waals surface area contributed by atoms with Crippen molar-refractivity contribution in [2.45, 2.75) is 13.8 Å². The molecule has 0 atom stereocenters. The Hall–Kier alpha value is -2.73. The molecule has 0 unspecified atom stereocenters. The van der Waals surface area contributed by atoms with Crippen LogP contribution in [0.5, 0.6) is 0 Å². The van der Waals surface area contributed by atoms with E-state index in [-0.39, 0.29) is 11.3 Å². The Labute approximate surface area is 137 Å². The maximum Gasteiger partial charge on any atom is 0.273 e. The number of nitro benzene ring substituents is 1. The molecule has 2 rings (SSSR count). The van der Waals surface area contributed by atoms with Crippen molar-refractivity contribution in [1.82, 2.24) is 5.43 Å². The third-order valence-corrected chi connectivity index (χ3v) is 3.59. The molecule has 2 aromatic carbocycles. The van der Waals surface area contributed by atoms with Gasteiger partial charge in [0.05, 0.1) is 16.2 Å². The van der Waals surface area contributed by atoms with Crippen LogP contribution in [0, 0.1) is 17.0 Å². The molecular formula is C16H14ClN3O3. The van der Waals surface area contributed by atoms with Gasteiger partial charge >= 0.3 is 0 Å². The zero-order chi connectivity index (χ0) is 17.0. The van der Waals surface area contributed by atoms with Gasteiger partial charge in [-0.15, -0.1) is 0 Å². The van der Waals surface area contributed by atoms with Crippen LogP contribution in [0.4, 0.5) is 5.69 Å². The highest BCUT2D eigenvalue weighted by molar-refractivity contribution is 6.30. The second kappa shape index (κ2) is 7.02. The van der Waals surface area contributed by atoms with Gasteiger partial charge in [0.1, 0.15) is 0 Å². The molecule has 118 valence electrons. The number of nitro groups is 1. The minimum absolute atomic E-state index is 0.101. The molecule has 7 heteroatoms. The molecule has 1 N–H and O–H groups in total. The molecule has 0 heterocycles. The highest BCUT2D eigenvalue weighted by atomic mass is 35.5. The van der Waals surface area contributed by atoms with Gasteiger partial charge in [-0.2, -0.15) is 5.10 Å². The Morgan fingerprint density at radius 1 is 1.22 bits per heavy atom. The van der Waals surface area contributed by atoms with Crippen LogP contribution in [0.25, 0.3) is 0 Å². The summed E-state index contributed by atoms with van der Waals surface area (Å²) in [5.41, 5.74) is 4.23. The third kappa shape index (κ3) is 3.92. The van der Waals surface area contributed by atoms with E-state index in [2.05, 4.69) is 10.5 Å². The lowest BCUT2D eigenvalue weighted by Gasteiger charge is -2.06. The zero-order valence-corrected chi connectivity index (χ0v) is 13.3. The molecule has 0 spiro atoms. The number of hydrogen-bond acceptors (Lipinski definition) is 4. The highest BCUT2D eigenvalue weighted by Gasteiger charge is 2.17. The van der Waals surface area contributed by atoms with E-state index in [0.29, 0.717) is 16.3 Å². The van der Waals surface area contributed by atoms with E-state index >= 15 is 0 Å². The minimum atomic E-state index is -0.520. The van der Waals surface area contributed by atoms with Crippen molar-refractivity contribution in [2.24, 2.45) is 5.10 Å². The summed E-state index contributed by atoms with van der Waals surface area (Å²) >= 11 is 5.82. The Morgan fingerprint density at radius 2 is 1.87 bits per heavy atom. The lowest BCUT2D eigenvalue weighted by molar-refractivity contribution is -0.385. The van der Waals surface area contributed by atoms with Gasteiger partial charge in [0.2, 0.25) is 0 Å². The summed E-state index contributed by atoms with van der Waals surface area (Å²) in [7, 11) is 0. The van der Waals surface area contributed by atoms with Gasteiger partial charge in [-0.25, -0.2) is 5.43 Å². The van der Waals surface area contributed by atoms with Crippen molar-refractivity contribution in [2.75, 3.05) is 0 Å². The van der Waals surface area contributed by atoms with Gasteiger partial charge in [-0.3, -0.25) is 14.9 Å². The number of hydrogen-bond donors (Lipinski definition) is 1. The molecule has 0 aromatic heterocycles. The molecule has 0 aliphatic rings. The SMILES string of the molecule is CC(=NNC(=O)c1cccc([N+](=O)[O-])c1C)c1ccc(Cl)cc1. The summed E-state index contributed by atoms with van der Waals surface area (Å²) in [6.07, 6.45) is 0. The van der Waals surface area contributed by atoms with E-state index < -0.39 is 10.8 Å². The monoisotopic (exact) mass is 331 g/mol. The average Bonchev–Trinajstić information content (AvgIpc) is 2.53. The summed E-state index contributed by atoms with van der Waals surface area (Å²) in [6.45, 7) is 3.27. The second-order valence-corrected chi connectivity index (χ2v) is 5.29. The predicted molar refractivity (Wildman–Crippen MR) is 89.0 cm³/mol. The topological polar surface area (TPSA) is 84.6 Å². The number of carbonyl (C=O) groups excluding carboxylic acids is 1. The lowest BCUT2D eigenvalue weighted by Crippen LogP contribution is -2.20. The van der Waals surface area contributed by atoms with Gasteiger partial charge in [-0.05, 0) is 37.6 Å². The first-order chi connectivity index (χ1) is 10.9. The maximum absolute atomic E-state index is 12.2. The average molecular weight is 332 g/mol. The van der Waals surface area contributed by atoms with Gasteiger partial charge in [0, 0.05) is 16.7 Å². The summed E-state index contributed by atoms with van der Waals surface area (Å²) < 4.78 is 0. The van der Waals surface area contributed by atoms with E-state index in [4.69, 9.17) is 11.6 Å². The first kappa shape index (κ1) is 16.6. The van der Waals surface area contributed by atoms with Crippen LogP contribution in [0.1, 0.15) is 28.4 Å². The van der Waals surface area contributed by atoms with Crippen LogP contribution in [0.2, 0.25) is 5.02 Å². The molecule has 1 amide bonds. The number of benzene rings is 2. The van der Waals surface area contributed by atoms with E-state index in [1.165, 1.54) is 25.1 Å². The predicted octanol–water partition coefficient (Wildman–Crippen LogP) is 3.71. The van der Waals surface area contributed by atoms with Crippen LogP contribution in [-0.4, -0.2) is 16.5 Å². The van der Waals surface area contributed by atoms with Crippen LogP contribution in [-0.2, 0) is 0 Å². The smallest absolute Gasteiger partial charge is 0.267 e. The Kier molecular flexibility index (Phi) is 5.08. The summed E-state index contributed by atoms with van der Waals surface area (Å²) in [6, 6.07) is 11.4. The molecule has 23 heavy (non-hydrogen) atoms. The number of carbonyl (C=O) groups is 1. The van der Waals surface area contributed by atoms with Crippen LogP contribution >= 0.6 is 11.6 Å². The molecule has 2 aromatic rings. The van der Waals surface area contributed by atoms with Crippen molar-refractivity contribution in [1.29, 1.82) is 0 Å². The van der Waals surface area contributed by atoms with Gasteiger partial charge in [-0.1, -0.05) is 29.8 Å². The number of rotatable bonds is 4. The van der Waals surface area contributed by atoms with Crippen LogP contribution < -0.4 is 5.43 Å². The van der Waals surface area contributed by atoms with E-state index in [0.717, 1.165) is 5.56 Å². The first-order valence-corrected chi connectivity index (χ1v) is 7.12. The van der Waals surface area contributed by atoms with Crippen molar-refractivity contribution < 1.29 is 9.72 Å². The van der Waals surface area contributed by atoms with Gasteiger partial charge in [0.25, 0.3) is 11.6 Å². The molecule has 0 fully saturated rings. The van der Waals surface area contributed by atoms with E-state index in [1.807, 2.05) is 0 Å². The van der Waals surface area contributed by atoms with E-state index in [1.54, 1.807) is 31.2 Å². The lowest BCUT2D eigenvalue weighted by atomic mass is 10.1. The molecular weight excluding hydrogens is 318 g/mol. The fourth-order valence-electron chi connectivity index (χ4n) is 2.02. The fourth-order valence-corrected chi connectivity index (χ4v) is 2.14. The molecule has 0 aliphatic carbocycles. The molecule has 0 saturated carbocycles. The normalized spacial score (nSPS) is 11.2. The summed E-state index contributed by atoms with van der Waals surface area (Å²) in [4.78, 5) is 22.6. The van der Waals surface area contributed by atoms with Crippen molar-refractivity contribution >= 4 is 28.9 Å². The number of amides is 1. The van der Waals surface area contributed by atoms with Gasteiger partial charge in [0.15, 0.2) is 0 Å². The fraction of sp³-hybridized carbons (Fsp3) is 0.125. The quantitative estimate of drug-likeness (QED) is 0.526. The molecule has 0 aliphatic heterocycles. The van der Waals surface area contributed by atoms with Gasteiger partial charge < -0.3 is 0 Å². The maximum atomic E-state index is 12.2. The van der Waals surface area contributed by atoms with Crippen molar-refractivity contribution in [3.8, 4) is 0 Å². The van der Waals surface area contributed by atoms with E-state index in [9.17, 15) is 14.9 Å². The minimum Gasteiger partial charge on any atom is -0.267 e. The standard InChI is InChI=1S/C16H14ClN3O3/c1-10-14(4-3-5-15(10)20(22)23)16(21)19-18-11(2)12-6-8-13(17)9-7-12/h3-9H,1-2H3,(H,19,21). The largest absolute Gasteiger partial charge is 0.273 e. The Morgan fingerprint density at radius 3 is 2.48 bits per heavy atom. The number of nitrogens with zero attached hydrogens (tertiary/aromatic N) is 2. The molecule has 0 saturated heterocycles. The van der Waals surface area contributed by atoms with Crippen LogP contribution in [0.3, 0.4) is 0 Å². The second-order valence-electron chi connectivity index (χ2n) is 4.85. The number of halogens is 1. The van der Waals surface area contributed by atoms with Crippen molar-refractivity contribution in [3.63, 3.8) is 0 Å². The Balaban J connectivity index is 2.19. The highest BCUT2D eigenvalue weighted by Crippen LogP contribution is 2.20. The molecule has 0 radical (unpaired) electrons. The summed E-state index contributed by atoms with van der Waals surface area (Å²) in [5, 5.41) is 15.5. The van der Waals surface area contributed by atoms with Crippen molar-refractivity contribution in [3.05, 3.63) is 74.3 Å². The number of hydrazone groups is 1. The number of nitrogens with one attached hydrogen (secondary N) is 1. The first-order valence-electron chi connectivity index (χ1n) is 6.74. The zero-order valence-electron chi connectivity index (χ0n) is 12.5. The van der Waals surface area contributed by atoms with Crippen LogP contribution in [0.15, 0.2) is 47.6 Å². The summed E-state index contributed by atoms with van der Waals surface area (Å²) in [5.74, 6) is -0.500. The third-order valence-electron chi connectivity index (χ3n) is 3.33.